The Morgan fingerprint density at radius 1 is 1.22 bits per heavy atom. The van der Waals surface area contributed by atoms with Crippen molar-refractivity contribution in [3.8, 4) is 0 Å². The van der Waals surface area contributed by atoms with Gasteiger partial charge in [0.1, 0.15) is 0 Å². The highest BCUT2D eigenvalue weighted by atomic mass is 35.5. The van der Waals surface area contributed by atoms with Crippen LogP contribution in [0.15, 0.2) is 0 Å². The molecule has 3 atom stereocenters. The first-order valence-electron chi connectivity index (χ1n) is 6.87. The Kier molecular flexibility index (Phi) is 5.89. The molecule has 0 aliphatic carbocycles. The fourth-order valence-corrected chi connectivity index (χ4v) is 3.19. The number of halogens is 1. The molecule has 2 N–H and O–H groups in total. The van der Waals surface area contributed by atoms with Crippen LogP contribution in [0.1, 0.15) is 39.5 Å². The molecule has 0 aromatic heterocycles. The Morgan fingerprint density at radius 3 is 2.33 bits per heavy atom. The van der Waals surface area contributed by atoms with Crippen LogP contribution < -0.4 is 5.73 Å². The maximum absolute atomic E-state index is 12.3. The molecule has 106 valence electrons. The first-order chi connectivity index (χ1) is 8.08. The molecule has 2 aliphatic rings. The van der Waals surface area contributed by atoms with Gasteiger partial charge in [-0.2, -0.15) is 0 Å². The summed E-state index contributed by atoms with van der Waals surface area (Å²) < 4.78 is 0. The molecule has 1 amide bonds. The zero-order valence-corrected chi connectivity index (χ0v) is 12.3. The smallest absolute Gasteiger partial charge is 0.237 e. The van der Waals surface area contributed by atoms with Crippen LogP contribution in [-0.4, -0.2) is 53.5 Å². The molecule has 2 fully saturated rings. The lowest BCUT2D eigenvalue weighted by Gasteiger charge is -2.39. The molecular weight excluding hydrogens is 250 g/mol. The molecule has 2 rings (SSSR count). The van der Waals surface area contributed by atoms with E-state index in [1.54, 1.807) is 0 Å². The van der Waals surface area contributed by atoms with Gasteiger partial charge in [-0.3, -0.25) is 9.69 Å². The van der Waals surface area contributed by atoms with Crippen molar-refractivity contribution in [1.29, 1.82) is 0 Å². The molecule has 2 aliphatic heterocycles. The zero-order valence-electron chi connectivity index (χ0n) is 11.5. The third-order valence-electron chi connectivity index (χ3n) is 4.15. The first-order valence-corrected chi connectivity index (χ1v) is 6.87. The van der Waals surface area contributed by atoms with Crippen molar-refractivity contribution in [2.75, 3.05) is 19.6 Å². The van der Waals surface area contributed by atoms with E-state index < -0.39 is 0 Å². The molecule has 2 unspecified atom stereocenters. The normalized spacial score (nSPS) is 33.3. The van der Waals surface area contributed by atoms with E-state index >= 15 is 0 Å². The minimum Gasteiger partial charge on any atom is -0.336 e. The summed E-state index contributed by atoms with van der Waals surface area (Å²) in [4.78, 5) is 16.6. The molecule has 0 aromatic rings. The average molecular weight is 276 g/mol. The van der Waals surface area contributed by atoms with Gasteiger partial charge < -0.3 is 10.6 Å². The largest absolute Gasteiger partial charge is 0.336 e. The van der Waals surface area contributed by atoms with Gasteiger partial charge in [-0.15, -0.1) is 12.4 Å². The van der Waals surface area contributed by atoms with Crippen LogP contribution >= 0.6 is 12.4 Å². The quantitative estimate of drug-likeness (QED) is 0.825. The standard InChI is InChI=1S/C13H25N3O.ClH/c1-10-4-3-5-11(2)16(10)13(17)9-15-7-6-12(14)8-15;/h10-12H,3-9,14H2,1-2H3;1H/t10?,11?,12-;/m1./s1. The highest BCUT2D eigenvalue weighted by molar-refractivity contribution is 5.85. The second-order valence-electron chi connectivity index (χ2n) is 5.71. The molecule has 2 saturated heterocycles. The van der Waals surface area contributed by atoms with Crippen LogP contribution in [0.2, 0.25) is 0 Å². The van der Waals surface area contributed by atoms with Gasteiger partial charge in [-0.25, -0.2) is 0 Å². The van der Waals surface area contributed by atoms with Crippen LogP contribution in [0.25, 0.3) is 0 Å². The summed E-state index contributed by atoms with van der Waals surface area (Å²) >= 11 is 0. The molecule has 4 nitrogen and oxygen atoms in total. The Balaban J connectivity index is 0.00000162. The Bertz CT molecular complexity index is 277. The second-order valence-corrected chi connectivity index (χ2v) is 5.71. The van der Waals surface area contributed by atoms with Crippen molar-refractivity contribution in [3.63, 3.8) is 0 Å². The lowest BCUT2D eigenvalue weighted by molar-refractivity contribution is -0.138. The van der Waals surface area contributed by atoms with Gasteiger partial charge in [0, 0.05) is 31.2 Å². The van der Waals surface area contributed by atoms with Crippen LogP contribution in [0.4, 0.5) is 0 Å². The van der Waals surface area contributed by atoms with Gasteiger partial charge in [-0.1, -0.05) is 0 Å². The maximum atomic E-state index is 12.3. The Hall–Kier alpha value is -0.320. The first kappa shape index (κ1) is 15.7. The van der Waals surface area contributed by atoms with Crippen LogP contribution in [-0.2, 0) is 4.79 Å². The third kappa shape index (κ3) is 3.59. The SMILES string of the molecule is CC1CCCC(C)N1C(=O)CN1CC[C@@H](N)C1.Cl. The number of nitrogens with two attached hydrogens (primary N) is 1. The van der Waals surface area contributed by atoms with Crippen LogP contribution in [0, 0.1) is 0 Å². The summed E-state index contributed by atoms with van der Waals surface area (Å²) in [5, 5.41) is 0. The van der Waals surface area contributed by atoms with E-state index in [-0.39, 0.29) is 18.4 Å². The molecule has 0 radical (unpaired) electrons. The van der Waals surface area contributed by atoms with Gasteiger partial charge in [0.25, 0.3) is 0 Å². The van der Waals surface area contributed by atoms with E-state index in [0.717, 1.165) is 32.4 Å². The second kappa shape index (κ2) is 6.73. The molecule has 0 aromatic carbocycles. The van der Waals surface area contributed by atoms with Gasteiger partial charge in [0.15, 0.2) is 0 Å². The van der Waals surface area contributed by atoms with E-state index in [9.17, 15) is 4.79 Å². The number of hydrogen-bond donors (Lipinski definition) is 1. The monoisotopic (exact) mass is 275 g/mol. The van der Waals surface area contributed by atoms with E-state index in [1.165, 1.54) is 6.42 Å². The lowest BCUT2D eigenvalue weighted by atomic mass is 9.97. The molecular formula is C13H26ClN3O. The molecule has 2 heterocycles. The number of amides is 1. The summed E-state index contributed by atoms with van der Waals surface area (Å²) in [5.74, 6) is 0.291. The van der Waals surface area contributed by atoms with Gasteiger partial charge in [0.05, 0.1) is 6.54 Å². The molecule has 0 bridgehead atoms. The maximum Gasteiger partial charge on any atom is 0.237 e. The van der Waals surface area contributed by atoms with Gasteiger partial charge in [0.2, 0.25) is 5.91 Å². The predicted molar refractivity (Wildman–Crippen MR) is 75.9 cm³/mol. The fourth-order valence-electron chi connectivity index (χ4n) is 3.19. The number of rotatable bonds is 2. The molecule has 0 saturated carbocycles. The molecule has 18 heavy (non-hydrogen) atoms. The number of nitrogens with zero attached hydrogens (tertiary/aromatic N) is 2. The van der Waals surface area contributed by atoms with Crippen molar-refractivity contribution >= 4 is 18.3 Å². The minimum atomic E-state index is 0. The molecule has 0 spiro atoms. The predicted octanol–water partition coefficient (Wildman–Crippen LogP) is 1.23. The number of hydrogen-bond acceptors (Lipinski definition) is 3. The molecule has 5 heteroatoms. The zero-order chi connectivity index (χ0) is 12.4. The van der Waals surface area contributed by atoms with Gasteiger partial charge in [-0.05, 0) is 39.5 Å². The Labute approximate surface area is 116 Å². The van der Waals surface area contributed by atoms with E-state index in [1.807, 2.05) is 0 Å². The van der Waals surface area contributed by atoms with Gasteiger partial charge >= 0.3 is 0 Å². The van der Waals surface area contributed by atoms with Crippen LogP contribution in [0.5, 0.6) is 0 Å². The summed E-state index contributed by atoms with van der Waals surface area (Å²) in [6.07, 6.45) is 4.57. The van der Waals surface area contributed by atoms with E-state index in [4.69, 9.17) is 5.73 Å². The lowest BCUT2D eigenvalue weighted by Crippen LogP contribution is -2.51. The van der Waals surface area contributed by atoms with Crippen molar-refractivity contribution in [2.24, 2.45) is 5.73 Å². The minimum absolute atomic E-state index is 0. The summed E-state index contributed by atoms with van der Waals surface area (Å²) in [7, 11) is 0. The number of carbonyl (C=O) groups is 1. The number of likely N-dealkylation sites (tertiary alicyclic amines) is 2. The van der Waals surface area contributed by atoms with E-state index in [2.05, 4.69) is 23.6 Å². The fraction of sp³-hybridized carbons (Fsp3) is 0.923. The van der Waals surface area contributed by atoms with Crippen molar-refractivity contribution in [1.82, 2.24) is 9.80 Å². The van der Waals surface area contributed by atoms with Crippen molar-refractivity contribution in [2.45, 2.75) is 57.7 Å². The highest BCUT2D eigenvalue weighted by Gasteiger charge is 2.30. The topological polar surface area (TPSA) is 49.6 Å². The highest BCUT2D eigenvalue weighted by Crippen LogP contribution is 2.23. The summed E-state index contributed by atoms with van der Waals surface area (Å²) in [6, 6.07) is 1.07. The van der Waals surface area contributed by atoms with Crippen LogP contribution in [0.3, 0.4) is 0 Å². The average Bonchev–Trinajstić information content (AvgIpc) is 2.63. The number of piperidine rings is 1. The summed E-state index contributed by atoms with van der Waals surface area (Å²) in [5.41, 5.74) is 5.87. The Morgan fingerprint density at radius 2 is 1.83 bits per heavy atom. The third-order valence-corrected chi connectivity index (χ3v) is 4.15. The van der Waals surface area contributed by atoms with Crippen molar-refractivity contribution in [3.05, 3.63) is 0 Å². The van der Waals surface area contributed by atoms with E-state index in [0.29, 0.717) is 24.5 Å². The number of carbonyl (C=O) groups excluding carboxylic acids is 1. The summed E-state index contributed by atoms with van der Waals surface area (Å²) in [6.45, 7) is 6.75. The van der Waals surface area contributed by atoms with Crippen molar-refractivity contribution < 1.29 is 4.79 Å².